The second-order valence-corrected chi connectivity index (χ2v) is 10.3. The number of para-hydroxylation sites is 1. The van der Waals surface area contributed by atoms with Gasteiger partial charge in [0.05, 0.1) is 17.6 Å². The number of allylic oxidation sites excluding steroid dienone is 1. The van der Waals surface area contributed by atoms with Gasteiger partial charge in [-0.3, -0.25) is 4.79 Å². The third kappa shape index (κ3) is 5.67. The highest BCUT2D eigenvalue weighted by atomic mass is 16.3. The van der Waals surface area contributed by atoms with Crippen LogP contribution in [0.15, 0.2) is 45.6 Å². The molecule has 0 spiro atoms. The van der Waals surface area contributed by atoms with Gasteiger partial charge in [-0.05, 0) is 77.6 Å². The first kappa shape index (κ1) is 24.4. The van der Waals surface area contributed by atoms with Gasteiger partial charge in [0.1, 0.15) is 17.6 Å². The van der Waals surface area contributed by atoms with E-state index in [1.807, 2.05) is 32.9 Å². The number of hydrogen-bond acceptors (Lipinski definition) is 7. The molecule has 1 amide bonds. The monoisotopic (exact) mass is 466 g/mol. The average Bonchev–Trinajstić information content (AvgIpc) is 3.16. The van der Waals surface area contributed by atoms with Gasteiger partial charge < -0.3 is 26.0 Å². The summed E-state index contributed by atoms with van der Waals surface area (Å²) < 4.78 is 0. The molecular weight excluding hydrogens is 428 g/mol. The molecule has 3 aliphatic heterocycles. The number of benzene rings is 1. The van der Waals surface area contributed by atoms with Crippen molar-refractivity contribution in [2.24, 2.45) is 15.9 Å². The number of anilines is 1. The highest BCUT2D eigenvalue weighted by Gasteiger charge is 2.37. The van der Waals surface area contributed by atoms with Gasteiger partial charge in [-0.1, -0.05) is 18.2 Å². The molecule has 34 heavy (non-hydrogen) atoms. The van der Waals surface area contributed by atoms with E-state index in [9.17, 15) is 9.90 Å². The van der Waals surface area contributed by atoms with Gasteiger partial charge in [-0.2, -0.15) is 0 Å². The highest BCUT2D eigenvalue weighted by molar-refractivity contribution is 6.38. The van der Waals surface area contributed by atoms with E-state index in [4.69, 9.17) is 4.99 Å². The molecule has 8 nitrogen and oxygen atoms in total. The third-order valence-electron chi connectivity index (χ3n) is 6.91. The van der Waals surface area contributed by atoms with E-state index in [-0.39, 0.29) is 18.0 Å². The van der Waals surface area contributed by atoms with Gasteiger partial charge in [0.15, 0.2) is 0 Å². The number of aliphatic imine (C=N–C) groups is 2. The summed E-state index contributed by atoms with van der Waals surface area (Å²) in [5, 5.41) is 20.3. The number of rotatable bonds is 7. The first-order valence-corrected chi connectivity index (χ1v) is 12.3. The van der Waals surface area contributed by atoms with E-state index in [1.165, 1.54) is 5.56 Å². The lowest BCUT2D eigenvalue weighted by atomic mass is 9.89. The molecular formula is C26H38N6O2. The van der Waals surface area contributed by atoms with E-state index >= 15 is 0 Å². The van der Waals surface area contributed by atoms with Gasteiger partial charge in [0.2, 0.25) is 0 Å². The van der Waals surface area contributed by atoms with Gasteiger partial charge in [-0.15, -0.1) is 0 Å². The van der Waals surface area contributed by atoms with Crippen LogP contribution >= 0.6 is 0 Å². The maximum Gasteiger partial charge on any atom is 0.265 e. The van der Waals surface area contributed by atoms with Crippen LogP contribution < -0.4 is 20.9 Å². The molecule has 3 aliphatic rings. The Hall–Kier alpha value is -2.71. The van der Waals surface area contributed by atoms with E-state index in [0.29, 0.717) is 24.6 Å². The minimum Gasteiger partial charge on any atom is -0.390 e. The molecule has 0 aromatic heterocycles. The summed E-state index contributed by atoms with van der Waals surface area (Å²) in [4.78, 5) is 24.3. The number of carbonyl (C=O) groups is 1. The summed E-state index contributed by atoms with van der Waals surface area (Å²) in [5.74, 6) is 0.590. The number of hydrogen-bond donors (Lipinski definition) is 4. The number of amides is 1. The quantitative estimate of drug-likeness (QED) is 0.463. The Morgan fingerprint density at radius 3 is 2.76 bits per heavy atom. The van der Waals surface area contributed by atoms with Crippen molar-refractivity contribution in [3.8, 4) is 0 Å². The zero-order valence-corrected chi connectivity index (χ0v) is 20.8. The normalized spacial score (nSPS) is 23.7. The van der Waals surface area contributed by atoms with Crippen molar-refractivity contribution in [2.75, 3.05) is 31.1 Å². The maximum atomic E-state index is 12.8. The molecule has 2 unspecified atom stereocenters. The molecule has 1 fully saturated rings. The van der Waals surface area contributed by atoms with Crippen molar-refractivity contribution in [3.63, 3.8) is 0 Å². The minimum absolute atomic E-state index is 0.131. The van der Waals surface area contributed by atoms with E-state index in [1.54, 1.807) is 13.3 Å². The van der Waals surface area contributed by atoms with Crippen LogP contribution in [0.4, 0.5) is 5.69 Å². The second kappa shape index (κ2) is 10.3. The Kier molecular flexibility index (Phi) is 7.38. The van der Waals surface area contributed by atoms with Crippen molar-refractivity contribution in [1.29, 1.82) is 0 Å². The summed E-state index contributed by atoms with van der Waals surface area (Å²) in [5.41, 5.74) is 3.57. The fourth-order valence-corrected chi connectivity index (χ4v) is 5.16. The maximum absolute atomic E-state index is 12.8. The second-order valence-electron chi connectivity index (χ2n) is 10.3. The molecule has 184 valence electrons. The van der Waals surface area contributed by atoms with Crippen molar-refractivity contribution in [2.45, 2.75) is 64.6 Å². The molecule has 3 heterocycles. The Balaban J connectivity index is 1.53. The molecule has 1 aromatic rings. The van der Waals surface area contributed by atoms with Crippen molar-refractivity contribution < 1.29 is 9.90 Å². The molecule has 0 radical (unpaired) electrons. The molecule has 0 bridgehead atoms. The van der Waals surface area contributed by atoms with Crippen LogP contribution in [0, 0.1) is 5.92 Å². The largest absolute Gasteiger partial charge is 0.390 e. The topological polar surface area (TPSA) is 101 Å². The highest BCUT2D eigenvalue weighted by Crippen LogP contribution is 2.42. The van der Waals surface area contributed by atoms with Crippen LogP contribution in [-0.2, 0) is 4.79 Å². The summed E-state index contributed by atoms with van der Waals surface area (Å²) in [6.07, 6.45) is 4.30. The Labute approximate surface area is 202 Å². The molecule has 4 N–H and O–H groups in total. The van der Waals surface area contributed by atoms with Crippen LogP contribution in [0.2, 0.25) is 0 Å². The summed E-state index contributed by atoms with van der Waals surface area (Å²) in [6.45, 7) is 10.9. The molecule has 2 atom stereocenters. The van der Waals surface area contributed by atoms with Crippen molar-refractivity contribution >= 4 is 23.6 Å². The van der Waals surface area contributed by atoms with Crippen LogP contribution in [0.1, 0.15) is 58.4 Å². The van der Waals surface area contributed by atoms with Gasteiger partial charge in [0, 0.05) is 24.7 Å². The first-order valence-electron chi connectivity index (χ1n) is 12.3. The minimum atomic E-state index is -0.759. The lowest BCUT2D eigenvalue weighted by Crippen LogP contribution is -2.48. The molecule has 1 saturated heterocycles. The fourth-order valence-electron chi connectivity index (χ4n) is 5.16. The van der Waals surface area contributed by atoms with Crippen molar-refractivity contribution in [3.05, 3.63) is 41.2 Å². The Morgan fingerprint density at radius 2 is 2.03 bits per heavy atom. The predicted molar refractivity (Wildman–Crippen MR) is 137 cm³/mol. The smallest absolute Gasteiger partial charge is 0.265 e. The van der Waals surface area contributed by atoms with E-state index < -0.39 is 5.60 Å². The molecule has 0 aliphatic carbocycles. The number of fused-ring (bicyclic) bond motifs is 1. The summed E-state index contributed by atoms with van der Waals surface area (Å²) in [7, 11) is 0. The van der Waals surface area contributed by atoms with Crippen LogP contribution in [0.5, 0.6) is 0 Å². The SMILES string of the molecule is CC1=C(/N=C(\C)C(=O)NCC2CCNCC2)C(N2CC(CC(C)(C)O)c3ccccc32)NC=N1. The number of nitrogens with one attached hydrogen (secondary N) is 3. The van der Waals surface area contributed by atoms with Gasteiger partial charge >= 0.3 is 0 Å². The number of aliphatic hydroxyl groups is 1. The summed E-state index contributed by atoms with van der Waals surface area (Å²) in [6, 6.07) is 8.34. The third-order valence-corrected chi connectivity index (χ3v) is 6.91. The van der Waals surface area contributed by atoms with Crippen LogP contribution in [0.3, 0.4) is 0 Å². The lowest BCUT2D eigenvalue weighted by molar-refractivity contribution is -0.115. The number of carbonyl (C=O) groups excluding carboxylic acids is 1. The standard InChI is InChI=1S/C26H38N6O2/c1-17-23(31-18(2)25(33)28-14-19-9-11-27-12-10-19)24(30-16-29-17)32-15-20(13-26(3,4)34)21-7-5-6-8-22(21)32/h5-8,16,19-20,24,27,34H,9-15H2,1-4H3,(H,28,33)(H,29,30)/b31-18+. The Morgan fingerprint density at radius 1 is 1.29 bits per heavy atom. The van der Waals surface area contributed by atoms with Crippen LogP contribution in [0.25, 0.3) is 0 Å². The number of nitrogens with zero attached hydrogens (tertiary/aromatic N) is 3. The van der Waals surface area contributed by atoms with E-state index in [0.717, 1.165) is 49.6 Å². The molecule has 0 saturated carbocycles. The molecule has 4 rings (SSSR count). The summed E-state index contributed by atoms with van der Waals surface area (Å²) >= 11 is 0. The van der Waals surface area contributed by atoms with E-state index in [2.05, 4.69) is 38.0 Å². The van der Waals surface area contributed by atoms with Gasteiger partial charge in [0.25, 0.3) is 5.91 Å². The Bertz CT molecular complexity index is 987. The number of piperidine rings is 1. The van der Waals surface area contributed by atoms with Crippen LogP contribution in [-0.4, -0.2) is 61.0 Å². The molecule has 1 aromatic carbocycles. The lowest BCUT2D eigenvalue weighted by Gasteiger charge is -2.33. The first-order chi connectivity index (χ1) is 16.2. The van der Waals surface area contributed by atoms with Gasteiger partial charge in [-0.25, -0.2) is 9.98 Å². The zero-order valence-electron chi connectivity index (χ0n) is 20.8. The fraction of sp³-hybridized carbons (Fsp3) is 0.577. The van der Waals surface area contributed by atoms with Crippen molar-refractivity contribution in [1.82, 2.24) is 16.0 Å². The zero-order chi connectivity index (χ0) is 24.3. The molecule has 8 heteroatoms. The predicted octanol–water partition coefficient (Wildman–Crippen LogP) is 2.52. The average molecular weight is 467 g/mol.